The van der Waals surface area contributed by atoms with Crippen LogP contribution in [0.3, 0.4) is 0 Å². The standard InChI is InChI=1S/C24H27N5O3S2/c1-3-8-29(9-10-32-2)23(30)14-4-6-16-18(11-14)33-22-20(16)21(25-13-26-22)27-15-5-7-17-19(12-15)34-24(31)28-17/h5,7,12-14H,3-4,6,8-11H2,1-2H3,(H,28,31)(H,25,26,27). The second-order valence-corrected chi connectivity index (χ2v) is 10.6. The predicted octanol–water partition coefficient (Wildman–Crippen LogP) is 4.33. The van der Waals surface area contributed by atoms with E-state index >= 15 is 0 Å². The highest BCUT2D eigenvalue weighted by Crippen LogP contribution is 2.41. The van der Waals surface area contributed by atoms with Crippen LogP contribution in [0, 0.1) is 5.92 Å². The van der Waals surface area contributed by atoms with Gasteiger partial charge in [0, 0.05) is 36.7 Å². The molecule has 0 saturated heterocycles. The molecule has 0 bridgehead atoms. The van der Waals surface area contributed by atoms with Gasteiger partial charge in [0.05, 0.1) is 22.2 Å². The third-order valence-electron chi connectivity index (χ3n) is 6.25. The Bertz CT molecular complexity index is 1390. The van der Waals surface area contributed by atoms with E-state index in [0.717, 1.165) is 64.2 Å². The summed E-state index contributed by atoms with van der Waals surface area (Å²) >= 11 is 2.86. The summed E-state index contributed by atoms with van der Waals surface area (Å²) in [6.07, 6.45) is 4.91. The Balaban J connectivity index is 1.41. The molecule has 10 heteroatoms. The summed E-state index contributed by atoms with van der Waals surface area (Å²) in [5.74, 6) is 0.986. The number of aromatic amines is 1. The maximum absolute atomic E-state index is 13.2. The quantitative estimate of drug-likeness (QED) is 0.376. The normalized spacial score (nSPS) is 15.5. The van der Waals surface area contributed by atoms with E-state index in [9.17, 15) is 9.59 Å². The second kappa shape index (κ2) is 9.81. The smallest absolute Gasteiger partial charge is 0.305 e. The first kappa shape index (κ1) is 22.9. The summed E-state index contributed by atoms with van der Waals surface area (Å²) < 4.78 is 6.11. The summed E-state index contributed by atoms with van der Waals surface area (Å²) in [5.41, 5.74) is 2.96. The molecule has 0 spiro atoms. The van der Waals surface area contributed by atoms with Gasteiger partial charge in [-0.15, -0.1) is 11.3 Å². The van der Waals surface area contributed by atoms with Gasteiger partial charge in [-0.2, -0.15) is 0 Å². The summed E-state index contributed by atoms with van der Waals surface area (Å²) in [7, 11) is 1.67. The number of anilines is 2. The number of aryl methyl sites for hydroxylation is 1. The maximum Gasteiger partial charge on any atom is 0.305 e. The van der Waals surface area contributed by atoms with Gasteiger partial charge in [-0.1, -0.05) is 18.3 Å². The SMILES string of the molecule is CCCN(CCOC)C(=O)C1CCc2c(sc3ncnc(Nc4ccc5[nH]c(=O)sc5c4)c23)C1. The van der Waals surface area contributed by atoms with Crippen LogP contribution in [0.15, 0.2) is 29.3 Å². The molecule has 178 valence electrons. The van der Waals surface area contributed by atoms with E-state index in [0.29, 0.717) is 13.2 Å². The fourth-order valence-corrected chi connectivity index (χ4v) is 6.68. The number of rotatable bonds is 8. The minimum atomic E-state index is -0.0627. The number of carbonyl (C=O) groups is 1. The van der Waals surface area contributed by atoms with Crippen LogP contribution >= 0.6 is 22.7 Å². The third kappa shape index (κ3) is 4.45. The molecular formula is C24H27N5O3S2. The van der Waals surface area contributed by atoms with Crippen LogP contribution < -0.4 is 10.2 Å². The molecule has 1 aliphatic rings. The predicted molar refractivity (Wildman–Crippen MR) is 137 cm³/mol. The Labute approximate surface area is 205 Å². The molecule has 5 rings (SSSR count). The van der Waals surface area contributed by atoms with E-state index in [1.807, 2.05) is 23.1 Å². The minimum Gasteiger partial charge on any atom is -0.383 e. The zero-order valence-electron chi connectivity index (χ0n) is 19.2. The summed E-state index contributed by atoms with van der Waals surface area (Å²) in [6, 6.07) is 5.80. The van der Waals surface area contributed by atoms with Crippen LogP contribution in [0.25, 0.3) is 20.4 Å². The molecule has 4 aromatic rings. The number of ether oxygens (including phenoxy) is 1. The monoisotopic (exact) mass is 497 g/mol. The molecule has 2 N–H and O–H groups in total. The first-order valence-corrected chi connectivity index (χ1v) is 13.1. The van der Waals surface area contributed by atoms with Crippen LogP contribution in [-0.2, 0) is 22.4 Å². The van der Waals surface area contributed by atoms with Crippen LogP contribution in [0.2, 0.25) is 0 Å². The van der Waals surface area contributed by atoms with Gasteiger partial charge >= 0.3 is 4.87 Å². The van der Waals surface area contributed by atoms with E-state index < -0.39 is 0 Å². The van der Waals surface area contributed by atoms with E-state index in [4.69, 9.17) is 4.74 Å². The molecule has 1 aromatic carbocycles. The molecule has 0 aliphatic heterocycles. The number of benzene rings is 1. The molecule has 0 radical (unpaired) electrons. The molecule has 8 nitrogen and oxygen atoms in total. The van der Waals surface area contributed by atoms with Gasteiger partial charge in [0.25, 0.3) is 0 Å². The molecule has 0 fully saturated rings. The van der Waals surface area contributed by atoms with E-state index in [1.54, 1.807) is 24.8 Å². The number of methoxy groups -OCH3 is 1. The lowest BCUT2D eigenvalue weighted by Crippen LogP contribution is -2.40. The lowest BCUT2D eigenvalue weighted by molar-refractivity contribution is -0.136. The van der Waals surface area contributed by atoms with Gasteiger partial charge in [0.15, 0.2) is 0 Å². The Morgan fingerprint density at radius 2 is 2.18 bits per heavy atom. The number of amides is 1. The number of H-pyrrole nitrogens is 1. The third-order valence-corrected chi connectivity index (χ3v) is 8.26. The highest BCUT2D eigenvalue weighted by Gasteiger charge is 2.31. The Hall–Kier alpha value is -2.82. The number of fused-ring (bicyclic) bond motifs is 4. The van der Waals surface area contributed by atoms with Gasteiger partial charge in [-0.05, 0) is 49.4 Å². The molecule has 3 aromatic heterocycles. The van der Waals surface area contributed by atoms with Crippen LogP contribution in [0.1, 0.15) is 30.2 Å². The van der Waals surface area contributed by atoms with E-state index in [1.165, 1.54) is 21.8 Å². The number of thiazole rings is 1. The number of hydrogen-bond donors (Lipinski definition) is 2. The molecule has 1 amide bonds. The second-order valence-electron chi connectivity index (χ2n) is 8.51. The van der Waals surface area contributed by atoms with Gasteiger partial charge < -0.3 is 19.9 Å². The molecule has 34 heavy (non-hydrogen) atoms. The number of nitrogens with one attached hydrogen (secondary N) is 2. The number of hydrogen-bond acceptors (Lipinski definition) is 8. The fourth-order valence-electron chi connectivity index (χ4n) is 4.64. The molecule has 3 heterocycles. The summed E-state index contributed by atoms with van der Waals surface area (Å²) in [5, 5.41) is 4.48. The largest absolute Gasteiger partial charge is 0.383 e. The molecule has 1 atom stereocenters. The van der Waals surface area contributed by atoms with Crippen molar-refractivity contribution in [3.8, 4) is 0 Å². The first-order chi connectivity index (χ1) is 16.6. The van der Waals surface area contributed by atoms with Crippen LogP contribution in [0.5, 0.6) is 0 Å². The zero-order chi connectivity index (χ0) is 23.7. The van der Waals surface area contributed by atoms with Crippen molar-refractivity contribution >= 4 is 60.5 Å². The highest BCUT2D eigenvalue weighted by molar-refractivity contribution is 7.19. The van der Waals surface area contributed by atoms with Crippen molar-refractivity contribution in [1.82, 2.24) is 19.9 Å². The van der Waals surface area contributed by atoms with Crippen molar-refractivity contribution in [2.45, 2.75) is 32.6 Å². The molecule has 1 aliphatic carbocycles. The van der Waals surface area contributed by atoms with E-state index in [2.05, 4.69) is 27.2 Å². The van der Waals surface area contributed by atoms with Gasteiger partial charge in [-0.3, -0.25) is 9.59 Å². The Morgan fingerprint density at radius 3 is 3.00 bits per heavy atom. The summed E-state index contributed by atoms with van der Waals surface area (Å²) in [4.78, 5) is 40.8. The summed E-state index contributed by atoms with van der Waals surface area (Å²) in [6.45, 7) is 4.05. The minimum absolute atomic E-state index is 0.00731. The van der Waals surface area contributed by atoms with Gasteiger partial charge in [0.1, 0.15) is 17.0 Å². The number of nitrogens with zero attached hydrogens (tertiary/aromatic N) is 3. The van der Waals surface area contributed by atoms with Gasteiger partial charge in [-0.25, -0.2) is 9.97 Å². The topological polar surface area (TPSA) is 100 Å². The van der Waals surface area contributed by atoms with Crippen LogP contribution in [-0.4, -0.2) is 52.6 Å². The van der Waals surface area contributed by atoms with Crippen molar-refractivity contribution in [2.75, 3.05) is 32.1 Å². The molecule has 0 saturated carbocycles. The maximum atomic E-state index is 13.2. The Morgan fingerprint density at radius 1 is 1.29 bits per heavy atom. The lowest BCUT2D eigenvalue weighted by Gasteiger charge is -2.29. The number of thiophene rings is 1. The molecular weight excluding hydrogens is 470 g/mol. The zero-order valence-corrected chi connectivity index (χ0v) is 20.9. The van der Waals surface area contributed by atoms with Gasteiger partial charge in [0.2, 0.25) is 5.91 Å². The number of carbonyl (C=O) groups excluding carboxylic acids is 1. The lowest BCUT2D eigenvalue weighted by atomic mass is 9.86. The number of aromatic nitrogens is 3. The fraction of sp³-hybridized carbons (Fsp3) is 0.417. The van der Waals surface area contributed by atoms with Crippen molar-refractivity contribution in [1.29, 1.82) is 0 Å². The van der Waals surface area contributed by atoms with E-state index in [-0.39, 0.29) is 16.7 Å². The average Bonchev–Trinajstić information content (AvgIpc) is 3.40. The molecule has 1 unspecified atom stereocenters. The van der Waals surface area contributed by atoms with Crippen molar-refractivity contribution < 1.29 is 9.53 Å². The van der Waals surface area contributed by atoms with Crippen LogP contribution in [0.4, 0.5) is 11.5 Å². The average molecular weight is 498 g/mol. The van der Waals surface area contributed by atoms with Crippen molar-refractivity contribution in [3.63, 3.8) is 0 Å². The van der Waals surface area contributed by atoms with Crippen molar-refractivity contribution in [2.24, 2.45) is 5.92 Å². The highest BCUT2D eigenvalue weighted by atomic mass is 32.1. The van der Waals surface area contributed by atoms with Crippen molar-refractivity contribution in [3.05, 3.63) is 44.6 Å². The first-order valence-electron chi connectivity index (χ1n) is 11.5. The Kier molecular flexibility index (Phi) is 6.62.